The first kappa shape index (κ1) is 36.7. The second-order valence-electron chi connectivity index (χ2n) is 18.1. The molecule has 0 amide bonds. The van der Waals surface area contributed by atoms with Gasteiger partial charge in [0.05, 0.1) is 0 Å². The van der Waals surface area contributed by atoms with Crippen LogP contribution >= 0.6 is 0 Å². The lowest BCUT2D eigenvalue weighted by Crippen LogP contribution is -2.61. The Hall–Kier alpha value is -7.88. The van der Waals surface area contributed by atoms with Crippen molar-refractivity contribution in [2.75, 3.05) is 9.71 Å². The largest absolute Gasteiger partial charge is 0.376 e. The lowest BCUT2D eigenvalue weighted by Gasteiger charge is -2.46. The molecule has 0 atom stereocenters. The number of benzene rings is 10. The number of rotatable bonds is 5. The minimum atomic E-state index is -0.165. The van der Waals surface area contributed by atoms with Gasteiger partial charge in [-0.1, -0.05) is 190 Å². The zero-order valence-corrected chi connectivity index (χ0v) is 35.8. The van der Waals surface area contributed by atoms with E-state index in [0.29, 0.717) is 0 Å². The third-order valence-electron chi connectivity index (χ3n) is 14.2. The molecule has 0 saturated heterocycles. The van der Waals surface area contributed by atoms with Crippen LogP contribution in [0.25, 0.3) is 66.4 Å². The summed E-state index contributed by atoms with van der Waals surface area (Å²) in [6.07, 6.45) is 0. The van der Waals surface area contributed by atoms with Crippen LogP contribution in [-0.4, -0.2) is 6.85 Å². The first-order valence-electron chi connectivity index (χ1n) is 22.5. The Kier molecular flexibility index (Phi) is 8.08. The molecule has 2 heterocycles. The minimum Gasteiger partial charge on any atom is -0.376 e. The van der Waals surface area contributed by atoms with Crippen molar-refractivity contribution >= 4 is 57.0 Å². The van der Waals surface area contributed by atoms with Gasteiger partial charge in [-0.3, -0.25) is 0 Å². The van der Waals surface area contributed by atoms with Crippen molar-refractivity contribution in [1.82, 2.24) is 0 Å². The Bertz CT molecular complexity index is 3450. The summed E-state index contributed by atoms with van der Waals surface area (Å²) in [4.78, 5) is 5.21. The summed E-state index contributed by atoms with van der Waals surface area (Å²) in [5.41, 5.74) is 23.6. The Morgan fingerprint density at radius 1 is 0.375 bits per heavy atom. The molecule has 3 aliphatic rings. The molecule has 1 aliphatic carbocycles. The number of fused-ring (bicyclic) bond motifs is 9. The van der Waals surface area contributed by atoms with Gasteiger partial charge in [0.25, 0.3) is 0 Å². The van der Waals surface area contributed by atoms with E-state index in [1.807, 2.05) is 0 Å². The van der Waals surface area contributed by atoms with Crippen molar-refractivity contribution in [2.24, 2.45) is 0 Å². The van der Waals surface area contributed by atoms with Gasteiger partial charge in [0, 0.05) is 39.4 Å². The summed E-state index contributed by atoms with van der Waals surface area (Å²) >= 11 is 0. The fourth-order valence-corrected chi connectivity index (χ4v) is 11.2. The molecule has 0 aromatic heterocycles. The average molecular weight is 815 g/mol. The summed E-state index contributed by atoms with van der Waals surface area (Å²) < 4.78 is 0. The Balaban J connectivity index is 1.13. The molecule has 0 radical (unpaired) electrons. The lowest BCUT2D eigenvalue weighted by molar-refractivity contribution is 0.660. The van der Waals surface area contributed by atoms with E-state index in [9.17, 15) is 0 Å². The Labute approximate surface area is 375 Å². The molecule has 2 aliphatic heterocycles. The quantitative estimate of drug-likeness (QED) is 0.160. The summed E-state index contributed by atoms with van der Waals surface area (Å²) in [5, 5.41) is 2.51. The van der Waals surface area contributed by atoms with Crippen molar-refractivity contribution in [2.45, 2.75) is 19.3 Å². The fraction of sp³-hybridized carbons (Fsp3) is 0.0492. The van der Waals surface area contributed by atoms with Gasteiger partial charge in [-0.25, -0.2) is 0 Å². The zero-order chi connectivity index (χ0) is 42.5. The fourth-order valence-electron chi connectivity index (χ4n) is 11.2. The topological polar surface area (TPSA) is 6.48 Å². The summed E-state index contributed by atoms with van der Waals surface area (Å²) in [6, 6.07) is 83.6. The van der Waals surface area contributed by atoms with Crippen LogP contribution < -0.4 is 20.6 Å². The standard InChI is InChI=1S/C61H43BN2/c1-61(2)53-25-15-14-24-50(53)51-38-52-57(39-54(51)61)64(48-33-28-44(29-34-48)41-18-8-4-9-19-41)62-55-36-45(42-20-10-5-11-21-42)30-35-56(55)63(47-31-26-43(27-32-47)40-16-6-3-7-17-40)58-37-46-22-12-13-23-49(46)59(52)60(58)62/h3-39H,1-2H3. The van der Waals surface area contributed by atoms with E-state index < -0.39 is 0 Å². The van der Waals surface area contributed by atoms with Gasteiger partial charge in [0.15, 0.2) is 0 Å². The molecule has 13 rings (SSSR count). The van der Waals surface area contributed by atoms with Crippen molar-refractivity contribution in [3.05, 3.63) is 236 Å². The van der Waals surface area contributed by atoms with E-state index in [4.69, 9.17) is 0 Å². The van der Waals surface area contributed by atoms with Crippen LogP contribution in [0.2, 0.25) is 0 Å². The number of anilines is 5. The molecule has 3 heteroatoms. The van der Waals surface area contributed by atoms with Gasteiger partial charge >= 0.3 is 6.85 Å². The Morgan fingerprint density at radius 2 is 0.922 bits per heavy atom. The van der Waals surface area contributed by atoms with E-state index >= 15 is 0 Å². The van der Waals surface area contributed by atoms with E-state index in [2.05, 4.69) is 248 Å². The molecular weight excluding hydrogens is 771 g/mol. The molecule has 64 heavy (non-hydrogen) atoms. The van der Waals surface area contributed by atoms with Crippen LogP contribution in [0.15, 0.2) is 224 Å². The summed E-state index contributed by atoms with van der Waals surface area (Å²) in [7, 11) is 0. The highest BCUT2D eigenvalue weighted by molar-refractivity contribution is 6.94. The van der Waals surface area contributed by atoms with Crippen LogP contribution in [0.3, 0.4) is 0 Å². The molecule has 0 spiro atoms. The molecule has 0 saturated carbocycles. The van der Waals surface area contributed by atoms with Crippen LogP contribution in [0, 0.1) is 0 Å². The van der Waals surface area contributed by atoms with E-state index in [1.54, 1.807) is 0 Å². The van der Waals surface area contributed by atoms with Crippen molar-refractivity contribution in [3.63, 3.8) is 0 Å². The smallest absolute Gasteiger partial charge is 0.333 e. The van der Waals surface area contributed by atoms with E-state index in [0.717, 1.165) is 5.69 Å². The lowest BCUT2D eigenvalue weighted by atomic mass is 9.43. The molecule has 10 aromatic rings. The third kappa shape index (κ3) is 5.47. The van der Waals surface area contributed by atoms with Crippen molar-refractivity contribution < 1.29 is 0 Å². The highest BCUT2D eigenvalue weighted by Gasteiger charge is 2.47. The maximum absolute atomic E-state index is 2.67. The molecule has 2 nitrogen and oxygen atoms in total. The highest BCUT2D eigenvalue weighted by atomic mass is 15.2. The van der Waals surface area contributed by atoms with Gasteiger partial charge in [0.2, 0.25) is 0 Å². The second-order valence-corrected chi connectivity index (χ2v) is 18.1. The minimum absolute atomic E-state index is 0.131. The second kappa shape index (κ2) is 14.1. The van der Waals surface area contributed by atoms with Gasteiger partial charge in [0.1, 0.15) is 0 Å². The summed E-state index contributed by atoms with van der Waals surface area (Å²) in [5.74, 6) is 0. The van der Waals surface area contributed by atoms with Crippen LogP contribution in [0.1, 0.15) is 25.0 Å². The number of nitrogens with zero attached hydrogens (tertiary/aromatic N) is 2. The molecular formula is C61H43BN2. The monoisotopic (exact) mass is 814 g/mol. The number of hydrogen-bond donors (Lipinski definition) is 0. The maximum atomic E-state index is 2.67. The Morgan fingerprint density at radius 3 is 1.59 bits per heavy atom. The predicted molar refractivity (Wildman–Crippen MR) is 272 cm³/mol. The molecule has 0 fully saturated rings. The van der Waals surface area contributed by atoms with Crippen molar-refractivity contribution in [3.8, 4) is 55.6 Å². The predicted octanol–water partition coefficient (Wildman–Crippen LogP) is 14.9. The first-order chi connectivity index (χ1) is 31.5. The third-order valence-corrected chi connectivity index (χ3v) is 14.2. The molecule has 10 aromatic carbocycles. The number of hydrogen-bond acceptors (Lipinski definition) is 2. The van der Waals surface area contributed by atoms with Crippen LogP contribution in [-0.2, 0) is 5.41 Å². The highest BCUT2D eigenvalue weighted by Crippen LogP contribution is 2.56. The average Bonchev–Trinajstić information content (AvgIpc) is 3.58. The van der Waals surface area contributed by atoms with E-state index in [1.165, 1.54) is 111 Å². The van der Waals surface area contributed by atoms with Crippen LogP contribution in [0.4, 0.5) is 28.4 Å². The van der Waals surface area contributed by atoms with Gasteiger partial charge in [-0.2, -0.15) is 0 Å². The van der Waals surface area contributed by atoms with E-state index in [-0.39, 0.29) is 12.3 Å². The molecule has 0 unspecified atom stereocenters. The van der Waals surface area contributed by atoms with Gasteiger partial charge in [-0.15, -0.1) is 0 Å². The maximum Gasteiger partial charge on any atom is 0.333 e. The normalized spacial score (nSPS) is 13.8. The van der Waals surface area contributed by atoms with Gasteiger partial charge in [-0.05, 0) is 131 Å². The zero-order valence-electron chi connectivity index (χ0n) is 35.8. The molecule has 300 valence electrons. The van der Waals surface area contributed by atoms with Crippen LogP contribution in [0.5, 0.6) is 0 Å². The first-order valence-corrected chi connectivity index (χ1v) is 22.5. The summed E-state index contributed by atoms with van der Waals surface area (Å²) in [6.45, 7) is 4.67. The SMILES string of the molecule is CC1(C)c2ccccc2-c2cc3c(cc21)N(c1ccc(-c2ccccc2)cc1)B1c2cc(-c4ccccc4)ccc2N(c2ccc(-c4ccccc4)cc2)c2cc4ccccc4c-3c21. The van der Waals surface area contributed by atoms with Crippen molar-refractivity contribution in [1.29, 1.82) is 0 Å². The van der Waals surface area contributed by atoms with Gasteiger partial charge < -0.3 is 9.71 Å². The molecule has 0 N–H and O–H groups in total. The molecule has 0 bridgehead atoms.